The molecule has 2 aliphatic rings. The molecule has 0 aromatic heterocycles. The molecule has 0 saturated heterocycles. The zero-order valence-corrected chi connectivity index (χ0v) is 49.4. The largest absolute Gasteiger partial charge is 0.697 e. The highest BCUT2D eigenvalue weighted by Crippen LogP contribution is 2.62. The standard InChI is InChI=1S/C44H47BrClNO9.C12H17F6N2O5P/c1-42(2,3)40(50)54-32-24-33-35(28-15-11-10-14-27(28)32)44(30-23-26(45)17-18-29(30)39(49)56-44)31-22-25(16-19-34(48)47-20-12-8-9-13-21-52-7)37(36(46)38(31)53-33)55-41(51)43(4,5)6;13-11(14,15)9(21)19-5-1-3-7-24-26(23)25-8-4-2-6-20-10(22)12(16,17)18/h10-11,14-15,17-18,22-24H,8-9,12-13,16,19-21H2,1-7H3,(H,47,48);1-8H2,(H-,19,20,21,22)/p+1. The normalized spacial score (nSPS) is 14.5. The molecule has 1 spiro atoms. The maximum Gasteiger partial charge on any atom is 0.697 e. The van der Waals surface area contributed by atoms with Crippen molar-refractivity contribution in [3.8, 4) is 23.0 Å². The number of esters is 3. The molecule has 2 aliphatic heterocycles. The van der Waals surface area contributed by atoms with Crippen LogP contribution in [0.3, 0.4) is 0 Å². The molecule has 4 aromatic carbocycles. The fourth-order valence-corrected chi connectivity index (χ4v) is 9.49. The van der Waals surface area contributed by atoms with E-state index < -0.39 is 66.8 Å². The molecule has 26 heteroatoms. The van der Waals surface area contributed by atoms with E-state index in [0.29, 0.717) is 56.2 Å². The number of halogens is 8. The summed E-state index contributed by atoms with van der Waals surface area (Å²) in [5.41, 5.74) is -1.15. The third kappa shape index (κ3) is 17.8. The first-order valence-corrected chi connectivity index (χ1v) is 28.4. The number of ether oxygens (including phenoxy) is 5. The minimum absolute atomic E-state index is 0.0360. The van der Waals surface area contributed by atoms with Gasteiger partial charge in [0.1, 0.15) is 29.7 Å². The van der Waals surface area contributed by atoms with Gasteiger partial charge in [-0.3, -0.25) is 24.0 Å². The molecular weight excluding hydrogens is 1200 g/mol. The number of nitrogens with one attached hydrogen (secondary N) is 3. The molecular formula is C56H65BrClF6N3O14P+. The number of rotatable bonds is 24. The van der Waals surface area contributed by atoms with E-state index in [4.69, 9.17) is 44.3 Å². The fourth-order valence-electron chi connectivity index (χ4n) is 8.20. The maximum absolute atomic E-state index is 13.9. The van der Waals surface area contributed by atoms with E-state index in [1.165, 1.54) is 0 Å². The summed E-state index contributed by atoms with van der Waals surface area (Å²) in [6.07, 6.45) is -5.10. The molecule has 0 bridgehead atoms. The lowest BCUT2D eigenvalue weighted by Crippen LogP contribution is -2.37. The number of benzene rings is 4. The zero-order valence-electron chi connectivity index (χ0n) is 46.2. The summed E-state index contributed by atoms with van der Waals surface area (Å²) in [6, 6.07) is 16.0. The number of carbonyl (C=O) groups is 6. The van der Waals surface area contributed by atoms with Gasteiger partial charge in [-0.15, -0.1) is 9.05 Å². The average molecular weight is 1260 g/mol. The van der Waals surface area contributed by atoms with E-state index in [2.05, 4.69) is 21.2 Å². The second kappa shape index (κ2) is 29.1. The Labute approximate surface area is 484 Å². The minimum Gasteiger partial charge on any atom is -0.455 e. The number of carbonyl (C=O) groups excluding carboxylic acids is 6. The molecule has 1 atom stereocenters. The number of unbranched alkanes of at least 4 members (excludes halogenated alkanes) is 5. The Hall–Kier alpha value is -5.91. The second-order valence-electron chi connectivity index (χ2n) is 21.1. The second-order valence-corrected chi connectivity index (χ2v) is 23.3. The molecule has 82 heavy (non-hydrogen) atoms. The summed E-state index contributed by atoms with van der Waals surface area (Å²) in [6.45, 7) is 11.1. The van der Waals surface area contributed by atoms with Crippen molar-refractivity contribution in [3.05, 3.63) is 91.9 Å². The molecule has 0 fully saturated rings. The van der Waals surface area contributed by atoms with Gasteiger partial charge in [-0.05, 0) is 122 Å². The molecule has 0 aliphatic carbocycles. The third-order valence-electron chi connectivity index (χ3n) is 12.5. The van der Waals surface area contributed by atoms with Gasteiger partial charge in [-0.1, -0.05) is 64.6 Å². The van der Waals surface area contributed by atoms with Gasteiger partial charge in [-0.25, -0.2) is 4.79 Å². The summed E-state index contributed by atoms with van der Waals surface area (Å²) < 4.78 is 123. The highest BCUT2D eigenvalue weighted by molar-refractivity contribution is 9.10. The zero-order chi connectivity index (χ0) is 60.8. The van der Waals surface area contributed by atoms with Crippen LogP contribution >= 0.6 is 35.8 Å². The van der Waals surface area contributed by atoms with Crippen LogP contribution in [0.25, 0.3) is 10.8 Å². The maximum atomic E-state index is 13.9. The topological polar surface area (TPSA) is 220 Å². The average Bonchev–Trinajstić information content (AvgIpc) is 1.80. The van der Waals surface area contributed by atoms with Crippen molar-refractivity contribution in [2.75, 3.05) is 46.6 Å². The van der Waals surface area contributed by atoms with Crippen LogP contribution in [0.5, 0.6) is 23.0 Å². The summed E-state index contributed by atoms with van der Waals surface area (Å²) in [7, 11) is -0.787. The van der Waals surface area contributed by atoms with Crippen molar-refractivity contribution in [2.45, 2.75) is 124 Å². The molecule has 4 aromatic rings. The lowest BCUT2D eigenvalue weighted by molar-refractivity contribution is -0.173. The van der Waals surface area contributed by atoms with Crippen LogP contribution in [0.4, 0.5) is 26.3 Å². The Bertz CT molecular complexity index is 2960. The first-order valence-electron chi connectivity index (χ1n) is 26.2. The van der Waals surface area contributed by atoms with Crippen LogP contribution in [-0.4, -0.2) is 94.5 Å². The van der Waals surface area contributed by atoms with Gasteiger partial charge in [0, 0.05) is 71.4 Å². The summed E-state index contributed by atoms with van der Waals surface area (Å²) in [5.74, 6) is -5.25. The molecule has 2 heterocycles. The Morgan fingerprint density at radius 3 is 1.79 bits per heavy atom. The number of alkyl halides is 6. The highest BCUT2D eigenvalue weighted by Gasteiger charge is 2.56. The number of methoxy groups -OCH3 is 1. The van der Waals surface area contributed by atoms with E-state index >= 15 is 0 Å². The Kier molecular flexibility index (Phi) is 23.7. The molecule has 448 valence electrons. The predicted molar refractivity (Wildman–Crippen MR) is 293 cm³/mol. The van der Waals surface area contributed by atoms with Crippen molar-refractivity contribution in [1.29, 1.82) is 0 Å². The smallest absolute Gasteiger partial charge is 0.455 e. The van der Waals surface area contributed by atoms with E-state index in [1.807, 2.05) is 30.3 Å². The molecule has 17 nitrogen and oxygen atoms in total. The van der Waals surface area contributed by atoms with Crippen molar-refractivity contribution in [1.82, 2.24) is 16.0 Å². The Morgan fingerprint density at radius 1 is 0.683 bits per heavy atom. The molecule has 3 amide bonds. The molecule has 3 N–H and O–H groups in total. The lowest BCUT2D eigenvalue weighted by Gasteiger charge is -2.38. The van der Waals surface area contributed by atoms with Crippen molar-refractivity contribution in [2.24, 2.45) is 10.8 Å². The number of fused-ring (bicyclic) bond motifs is 8. The minimum atomic E-state index is -4.94. The van der Waals surface area contributed by atoms with Gasteiger partial charge in [0.15, 0.2) is 17.1 Å². The van der Waals surface area contributed by atoms with Crippen molar-refractivity contribution < 1.29 is 92.4 Å². The summed E-state index contributed by atoms with van der Waals surface area (Å²) >= 11 is 10.9. The first kappa shape index (κ1) is 66.9. The number of hydrogen-bond acceptors (Lipinski definition) is 14. The number of aryl methyl sites for hydroxylation is 1. The van der Waals surface area contributed by atoms with Crippen LogP contribution < -0.4 is 30.2 Å². The van der Waals surface area contributed by atoms with Crippen LogP contribution in [0.1, 0.15) is 132 Å². The molecule has 0 radical (unpaired) electrons. The molecule has 6 rings (SSSR count). The van der Waals surface area contributed by atoms with Gasteiger partial charge in [-0.2, -0.15) is 26.3 Å². The van der Waals surface area contributed by atoms with Crippen molar-refractivity contribution in [3.63, 3.8) is 0 Å². The Balaban J connectivity index is 0.000000400. The Morgan fingerprint density at radius 2 is 1.22 bits per heavy atom. The fraction of sp³-hybridized carbons (Fsp3) is 0.500. The van der Waals surface area contributed by atoms with E-state index in [1.54, 1.807) is 83.6 Å². The van der Waals surface area contributed by atoms with E-state index in [-0.39, 0.29) is 98.8 Å². The first-order chi connectivity index (χ1) is 38.4. The SMILES string of the molecule is COCCCCCCNC(=O)CCc1cc2c(c(Cl)c1OC(=O)C(C)(C)C)Oc1cc(OC(=O)C(C)(C)C)c3ccccc3c1C21OC(=O)c2ccc(Br)cc21.O=C(NCCCCO[P+](=O)OCCCCNC(=O)C(F)(F)F)C(F)(F)F. The third-order valence-corrected chi connectivity index (χ3v) is 14.1. The van der Waals surface area contributed by atoms with E-state index in [9.17, 15) is 59.7 Å². The number of hydrogen-bond donors (Lipinski definition) is 3. The highest BCUT2D eigenvalue weighted by atomic mass is 79.9. The quantitative estimate of drug-likeness (QED) is 0.0195. The summed E-state index contributed by atoms with van der Waals surface area (Å²) in [5, 5.41) is 7.46. The lowest BCUT2D eigenvalue weighted by atomic mass is 9.75. The van der Waals surface area contributed by atoms with Gasteiger partial charge in [0.05, 0.1) is 22.0 Å². The van der Waals surface area contributed by atoms with Gasteiger partial charge >= 0.3 is 50.3 Å². The van der Waals surface area contributed by atoms with Gasteiger partial charge in [0.2, 0.25) is 5.91 Å². The monoisotopic (exact) mass is 1260 g/mol. The predicted octanol–water partition coefficient (Wildman–Crippen LogP) is 12.6. The van der Waals surface area contributed by atoms with Gasteiger partial charge in [0.25, 0.3) is 0 Å². The van der Waals surface area contributed by atoms with Crippen LogP contribution in [0.2, 0.25) is 5.02 Å². The van der Waals surface area contributed by atoms with Crippen LogP contribution in [0, 0.1) is 10.8 Å². The number of amides is 3. The van der Waals surface area contributed by atoms with Crippen LogP contribution in [0.15, 0.2) is 59.1 Å². The van der Waals surface area contributed by atoms with Gasteiger partial charge < -0.3 is 39.6 Å². The van der Waals surface area contributed by atoms with Crippen LogP contribution in [-0.2, 0) is 59.1 Å². The summed E-state index contributed by atoms with van der Waals surface area (Å²) in [4.78, 5) is 74.8. The van der Waals surface area contributed by atoms with E-state index in [0.717, 1.165) is 25.7 Å². The van der Waals surface area contributed by atoms with Crippen molar-refractivity contribution >= 4 is 82.2 Å². The molecule has 0 saturated carbocycles. The molecule has 1 unspecified atom stereocenters.